The summed E-state index contributed by atoms with van der Waals surface area (Å²) in [5.41, 5.74) is 2.44. The number of hydrogen-bond donors (Lipinski definition) is 1. The molecule has 92 valence electrons. The van der Waals surface area contributed by atoms with E-state index >= 15 is 0 Å². The molecule has 3 nitrogen and oxygen atoms in total. The minimum atomic E-state index is 0.565. The van der Waals surface area contributed by atoms with Crippen molar-refractivity contribution in [1.82, 2.24) is 15.1 Å². The van der Waals surface area contributed by atoms with Gasteiger partial charge in [-0.3, -0.25) is 4.68 Å². The third-order valence-corrected chi connectivity index (χ3v) is 2.98. The maximum absolute atomic E-state index is 4.60. The molecule has 1 N–H and O–H groups in total. The Labute approximate surface area is 103 Å². The second kappa shape index (κ2) is 5.32. The highest BCUT2D eigenvalue weighted by molar-refractivity contribution is 5.81. The van der Waals surface area contributed by atoms with E-state index in [0.717, 1.165) is 19.4 Å². The molecule has 2 aromatic rings. The molecule has 0 aliphatic rings. The molecule has 1 aromatic heterocycles. The second-order valence-electron chi connectivity index (χ2n) is 4.80. The van der Waals surface area contributed by atoms with E-state index in [4.69, 9.17) is 0 Å². The van der Waals surface area contributed by atoms with Crippen LogP contribution in [0.3, 0.4) is 0 Å². The first-order chi connectivity index (χ1) is 8.18. The molecule has 0 spiro atoms. The fourth-order valence-electron chi connectivity index (χ4n) is 2.12. The van der Waals surface area contributed by atoms with Gasteiger partial charge in [0.25, 0.3) is 0 Å². The first kappa shape index (κ1) is 12.1. The Morgan fingerprint density at radius 2 is 2.06 bits per heavy atom. The number of aryl methyl sites for hydroxylation is 2. The van der Waals surface area contributed by atoms with E-state index in [1.165, 1.54) is 16.6 Å². The fraction of sp³-hybridized carbons (Fsp3) is 0.500. The lowest BCUT2D eigenvalue weighted by Crippen LogP contribution is -2.23. The summed E-state index contributed by atoms with van der Waals surface area (Å²) in [6.07, 6.45) is 2.18. The lowest BCUT2D eigenvalue weighted by molar-refractivity contribution is 0.567. The molecular weight excluding hydrogens is 210 g/mol. The number of rotatable bonds is 5. The van der Waals surface area contributed by atoms with Crippen molar-refractivity contribution in [3.63, 3.8) is 0 Å². The van der Waals surface area contributed by atoms with Crippen LogP contribution in [0.4, 0.5) is 0 Å². The van der Waals surface area contributed by atoms with Gasteiger partial charge in [0.05, 0.1) is 11.2 Å². The van der Waals surface area contributed by atoms with Crippen molar-refractivity contribution in [2.45, 2.75) is 32.7 Å². The van der Waals surface area contributed by atoms with Gasteiger partial charge in [0.2, 0.25) is 0 Å². The van der Waals surface area contributed by atoms with Gasteiger partial charge in [0.15, 0.2) is 0 Å². The molecule has 0 fully saturated rings. The molecule has 0 saturated heterocycles. The number of nitrogens with zero attached hydrogens (tertiary/aromatic N) is 2. The number of fused-ring (bicyclic) bond motifs is 1. The summed E-state index contributed by atoms with van der Waals surface area (Å²) in [6.45, 7) is 5.41. The summed E-state index contributed by atoms with van der Waals surface area (Å²) < 4.78 is 1.97. The summed E-state index contributed by atoms with van der Waals surface area (Å²) in [5.74, 6) is 0. The molecule has 1 heterocycles. The topological polar surface area (TPSA) is 29.9 Å². The van der Waals surface area contributed by atoms with E-state index in [2.05, 4.69) is 48.5 Å². The van der Waals surface area contributed by atoms with Gasteiger partial charge < -0.3 is 5.32 Å². The zero-order chi connectivity index (χ0) is 12.3. The van der Waals surface area contributed by atoms with Crippen molar-refractivity contribution in [3.05, 3.63) is 30.0 Å². The van der Waals surface area contributed by atoms with Crippen LogP contribution in [-0.2, 0) is 13.5 Å². The minimum absolute atomic E-state index is 0.565. The van der Waals surface area contributed by atoms with Crippen molar-refractivity contribution < 1.29 is 0 Å². The van der Waals surface area contributed by atoms with Gasteiger partial charge in [-0.25, -0.2) is 0 Å². The monoisotopic (exact) mass is 231 g/mol. The maximum Gasteiger partial charge on any atom is 0.0703 e. The molecule has 2 rings (SSSR count). The highest BCUT2D eigenvalue weighted by Gasteiger charge is 2.06. The third kappa shape index (κ3) is 2.86. The van der Waals surface area contributed by atoms with E-state index in [1.807, 2.05) is 11.7 Å². The van der Waals surface area contributed by atoms with E-state index in [0.29, 0.717) is 6.04 Å². The average molecular weight is 231 g/mol. The molecule has 0 atom stereocenters. The molecule has 17 heavy (non-hydrogen) atoms. The van der Waals surface area contributed by atoms with Crippen molar-refractivity contribution >= 4 is 10.9 Å². The van der Waals surface area contributed by atoms with Gasteiger partial charge in [-0.2, -0.15) is 5.10 Å². The van der Waals surface area contributed by atoms with Gasteiger partial charge in [-0.05, 0) is 25.5 Å². The number of benzene rings is 1. The summed E-state index contributed by atoms with van der Waals surface area (Å²) >= 11 is 0. The Kier molecular flexibility index (Phi) is 3.79. The summed E-state index contributed by atoms with van der Waals surface area (Å²) in [6, 6.07) is 9.00. The number of nitrogens with one attached hydrogen (secondary N) is 1. The predicted octanol–water partition coefficient (Wildman–Crippen LogP) is 2.50. The quantitative estimate of drug-likeness (QED) is 0.801. The van der Waals surface area contributed by atoms with Crippen LogP contribution in [0.1, 0.15) is 26.0 Å². The van der Waals surface area contributed by atoms with Gasteiger partial charge in [-0.1, -0.05) is 32.0 Å². The van der Waals surface area contributed by atoms with E-state index in [9.17, 15) is 0 Å². The van der Waals surface area contributed by atoms with Gasteiger partial charge in [0.1, 0.15) is 0 Å². The molecule has 0 saturated carbocycles. The third-order valence-electron chi connectivity index (χ3n) is 2.98. The number of aromatic nitrogens is 2. The van der Waals surface area contributed by atoms with Crippen molar-refractivity contribution in [1.29, 1.82) is 0 Å². The van der Waals surface area contributed by atoms with Crippen LogP contribution in [0.15, 0.2) is 24.3 Å². The molecule has 0 unspecified atom stereocenters. The van der Waals surface area contributed by atoms with Gasteiger partial charge in [-0.15, -0.1) is 0 Å². The van der Waals surface area contributed by atoms with Crippen LogP contribution in [-0.4, -0.2) is 22.4 Å². The molecule has 0 aliphatic carbocycles. The highest BCUT2D eigenvalue weighted by Crippen LogP contribution is 2.18. The van der Waals surface area contributed by atoms with Gasteiger partial charge >= 0.3 is 0 Å². The molecule has 1 aromatic carbocycles. The Hall–Kier alpha value is -1.35. The predicted molar refractivity (Wildman–Crippen MR) is 72.2 cm³/mol. The van der Waals surface area contributed by atoms with Crippen LogP contribution in [0.25, 0.3) is 10.9 Å². The summed E-state index contributed by atoms with van der Waals surface area (Å²) in [4.78, 5) is 0. The van der Waals surface area contributed by atoms with Crippen molar-refractivity contribution in [2.24, 2.45) is 7.05 Å². The normalized spacial score (nSPS) is 11.5. The van der Waals surface area contributed by atoms with Crippen LogP contribution in [0.5, 0.6) is 0 Å². The molecule has 3 heteroatoms. The number of para-hydroxylation sites is 1. The highest BCUT2D eigenvalue weighted by atomic mass is 15.3. The standard InChI is InChI=1S/C14H21N3/c1-11(2)15-10-6-8-13-12-7-4-5-9-14(12)17(3)16-13/h4-5,7,9,11,15H,6,8,10H2,1-3H3. The Morgan fingerprint density at radius 3 is 2.82 bits per heavy atom. The zero-order valence-electron chi connectivity index (χ0n) is 10.9. The van der Waals surface area contributed by atoms with Gasteiger partial charge in [0, 0.05) is 18.5 Å². The minimum Gasteiger partial charge on any atom is -0.315 e. The first-order valence-electron chi connectivity index (χ1n) is 6.32. The fourth-order valence-corrected chi connectivity index (χ4v) is 2.12. The zero-order valence-corrected chi connectivity index (χ0v) is 10.9. The van der Waals surface area contributed by atoms with E-state index < -0.39 is 0 Å². The molecule has 0 aliphatic heterocycles. The summed E-state index contributed by atoms with van der Waals surface area (Å²) in [5, 5.41) is 9.32. The molecular formula is C14H21N3. The molecule has 0 radical (unpaired) electrons. The smallest absolute Gasteiger partial charge is 0.0703 e. The van der Waals surface area contributed by atoms with Crippen LogP contribution in [0, 0.1) is 0 Å². The Balaban J connectivity index is 2.04. The second-order valence-corrected chi connectivity index (χ2v) is 4.80. The lowest BCUT2D eigenvalue weighted by atomic mass is 10.1. The number of hydrogen-bond acceptors (Lipinski definition) is 2. The lowest BCUT2D eigenvalue weighted by Gasteiger charge is -2.06. The first-order valence-corrected chi connectivity index (χ1v) is 6.32. The molecule has 0 bridgehead atoms. The maximum atomic E-state index is 4.60. The largest absolute Gasteiger partial charge is 0.315 e. The average Bonchev–Trinajstić information content (AvgIpc) is 2.63. The van der Waals surface area contributed by atoms with Crippen LogP contribution < -0.4 is 5.32 Å². The SMILES string of the molecule is CC(C)NCCCc1nn(C)c2ccccc12. The summed E-state index contributed by atoms with van der Waals surface area (Å²) in [7, 11) is 2.01. The van der Waals surface area contributed by atoms with Crippen molar-refractivity contribution in [3.8, 4) is 0 Å². The Bertz CT molecular complexity index is 485. The van der Waals surface area contributed by atoms with Crippen LogP contribution in [0.2, 0.25) is 0 Å². The Morgan fingerprint density at radius 1 is 1.29 bits per heavy atom. The van der Waals surface area contributed by atoms with E-state index in [-0.39, 0.29) is 0 Å². The van der Waals surface area contributed by atoms with E-state index in [1.54, 1.807) is 0 Å². The van der Waals surface area contributed by atoms with Crippen molar-refractivity contribution in [2.75, 3.05) is 6.54 Å². The van der Waals surface area contributed by atoms with Crippen LogP contribution >= 0.6 is 0 Å². The molecule has 0 amide bonds.